The molecule has 156 valence electrons. The minimum atomic E-state index is -3.01. The standard InChI is InChI=1S/C19H35N2O5P/c1-15(2)25-27(24,26-16(3)4)13-11-9-7-6-8-10-12-21-14-17(5)18(22)20-19(21)23/h14-16H,6-13H2,1-5H3,(H,20,22,23). The van der Waals surface area contributed by atoms with Gasteiger partial charge in [-0.3, -0.25) is 14.3 Å². The molecule has 8 heteroatoms. The quantitative estimate of drug-likeness (QED) is 0.394. The molecule has 0 amide bonds. The highest BCUT2D eigenvalue weighted by molar-refractivity contribution is 7.53. The number of hydrogen-bond acceptors (Lipinski definition) is 5. The number of H-pyrrole nitrogens is 1. The van der Waals surface area contributed by atoms with Crippen LogP contribution in [0.4, 0.5) is 0 Å². The van der Waals surface area contributed by atoms with Crippen LogP contribution < -0.4 is 11.2 Å². The Morgan fingerprint density at radius 3 is 2.04 bits per heavy atom. The molecule has 1 heterocycles. The molecule has 0 atom stereocenters. The van der Waals surface area contributed by atoms with E-state index < -0.39 is 7.60 Å². The molecule has 0 aromatic carbocycles. The zero-order valence-corrected chi connectivity index (χ0v) is 18.2. The summed E-state index contributed by atoms with van der Waals surface area (Å²) in [7, 11) is -3.01. The van der Waals surface area contributed by atoms with Crippen molar-refractivity contribution in [1.29, 1.82) is 0 Å². The Bertz CT molecular complexity index is 710. The van der Waals surface area contributed by atoms with Crippen LogP contribution in [0, 0.1) is 6.92 Å². The van der Waals surface area contributed by atoms with Gasteiger partial charge in [-0.2, -0.15) is 0 Å². The fourth-order valence-corrected chi connectivity index (χ4v) is 5.01. The summed E-state index contributed by atoms with van der Waals surface area (Å²) in [6.07, 6.45) is 7.62. The first kappa shape index (κ1) is 23.9. The smallest absolute Gasteiger partial charge is 0.306 e. The highest BCUT2D eigenvalue weighted by Gasteiger charge is 2.26. The van der Waals surface area contributed by atoms with Gasteiger partial charge in [0, 0.05) is 18.3 Å². The van der Waals surface area contributed by atoms with E-state index in [1.165, 1.54) is 0 Å². The summed E-state index contributed by atoms with van der Waals surface area (Å²) in [4.78, 5) is 25.4. The molecule has 1 aromatic rings. The SMILES string of the molecule is Cc1cn(CCCCCCCCP(=O)(OC(C)C)OC(C)C)c(=O)[nH]c1=O. The molecule has 0 bridgehead atoms. The van der Waals surface area contributed by atoms with E-state index >= 15 is 0 Å². The van der Waals surface area contributed by atoms with E-state index in [0.717, 1.165) is 38.5 Å². The first-order chi connectivity index (χ1) is 12.6. The summed E-state index contributed by atoms with van der Waals surface area (Å²) in [5.74, 6) is 0. The number of nitrogens with zero attached hydrogens (tertiary/aromatic N) is 1. The Labute approximate surface area is 162 Å². The van der Waals surface area contributed by atoms with Gasteiger partial charge in [0.05, 0.1) is 18.4 Å². The minimum absolute atomic E-state index is 0.116. The van der Waals surface area contributed by atoms with Gasteiger partial charge in [0.15, 0.2) is 0 Å². The molecule has 0 fully saturated rings. The van der Waals surface area contributed by atoms with Crippen molar-refractivity contribution in [3.05, 3.63) is 32.6 Å². The van der Waals surface area contributed by atoms with Crippen LogP contribution in [0.25, 0.3) is 0 Å². The lowest BCUT2D eigenvalue weighted by Crippen LogP contribution is -2.30. The van der Waals surface area contributed by atoms with E-state index in [4.69, 9.17) is 9.05 Å². The van der Waals surface area contributed by atoms with Crippen LogP contribution in [0.1, 0.15) is 71.8 Å². The maximum Gasteiger partial charge on any atom is 0.331 e. The Balaban J connectivity index is 2.25. The predicted octanol–water partition coefficient (Wildman–Crippen LogP) is 4.23. The number of hydrogen-bond donors (Lipinski definition) is 1. The van der Waals surface area contributed by atoms with Gasteiger partial charge < -0.3 is 13.6 Å². The van der Waals surface area contributed by atoms with E-state index in [1.807, 2.05) is 27.7 Å². The molecule has 0 spiro atoms. The number of aromatic nitrogens is 2. The average Bonchev–Trinajstić information content (AvgIpc) is 2.52. The summed E-state index contributed by atoms with van der Waals surface area (Å²) in [5, 5.41) is 0. The Kier molecular flexibility index (Phi) is 10.3. The molecule has 1 rings (SSSR count). The van der Waals surface area contributed by atoms with Gasteiger partial charge in [0.25, 0.3) is 5.56 Å². The second-order valence-electron chi connectivity index (χ2n) is 7.53. The summed E-state index contributed by atoms with van der Waals surface area (Å²) < 4.78 is 25.4. The predicted molar refractivity (Wildman–Crippen MR) is 109 cm³/mol. The first-order valence-electron chi connectivity index (χ1n) is 9.89. The van der Waals surface area contributed by atoms with Crippen molar-refractivity contribution in [1.82, 2.24) is 9.55 Å². The lowest BCUT2D eigenvalue weighted by Gasteiger charge is -2.22. The van der Waals surface area contributed by atoms with Crippen LogP contribution >= 0.6 is 7.60 Å². The fourth-order valence-electron chi connectivity index (χ4n) is 2.85. The molecule has 0 aliphatic rings. The molecular weight excluding hydrogens is 367 g/mol. The molecule has 0 saturated carbocycles. The van der Waals surface area contributed by atoms with Crippen molar-refractivity contribution in [2.45, 2.75) is 91.9 Å². The van der Waals surface area contributed by atoms with Gasteiger partial charge in [-0.1, -0.05) is 25.7 Å². The number of nitrogens with one attached hydrogen (secondary N) is 1. The topological polar surface area (TPSA) is 90.4 Å². The van der Waals surface area contributed by atoms with Gasteiger partial charge >= 0.3 is 13.3 Å². The lowest BCUT2D eigenvalue weighted by atomic mass is 10.1. The van der Waals surface area contributed by atoms with Gasteiger partial charge in [-0.15, -0.1) is 0 Å². The van der Waals surface area contributed by atoms with E-state index in [0.29, 0.717) is 18.3 Å². The largest absolute Gasteiger partial charge is 0.331 e. The highest BCUT2D eigenvalue weighted by Crippen LogP contribution is 2.51. The van der Waals surface area contributed by atoms with Crippen LogP contribution in [-0.2, 0) is 20.2 Å². The molecule has 1 N–H and O–H groups in total. The summed E-state index contributed by atoms with van der Waals surface area (Å²) >= 11 is 0. The normalized spacial score (nSPS) is 12.3. The number of rotatable bonds is 13. The number of unbranched alkanes of at least 4 members (excludes halogenated alkanes) is 5. The third kappa shape index (κ3) is 9.54. The van der Waals surface area contributed by atoms with Crippen molar-refractivity contribution >= 4 is 7.60 Å². The average molecular weight is 402 g/mol. The highest BCUT2D eigenvalue weighted by atomic mass is 31.2. The monoisotopic (exact) mass is 402 g/mol. The van der Waals surface area contributed by atoms with Crippen LogP contribution in [-0.4, -0.2) is 27.9 Å². The van der Waals surface area contributed by atoms with Gasteiger partial charge in [0.2, 0.25) is 0 Å². The molecule has 0 aliphatic carbocycles. The van der Waals surface area contributed by atoms with Crippen molar-refractivity contribution in [3.63, 3.8) is 0 Å². The molecule has 1 aromatic heterocycles. The maximum atomic E-state index is 12.7. The Morgan fingerprint density at radius 2 is 1.48 bits per heavy atom. The summed E-state index contributed by atoms with van der Waals surface area (Å²) in [5.41, 5.74) is -0.126. The van der Waals surface area contributed by atoms with Crippen LogP contribution in [0.5, 0.6) is 0 Å². The summed E-state index contributed by atoms with van der Waals surface area (Å²) in [6, 6.07) is 0. The van der Waals surface area contributed by atoms with E-state index in [-0.39, 0.29) is 23.5 Å². The molecule has 0 aliphatic heterocycles. The van der Waals surface area contributed by atoms with E-state index in [9.17, 15) is 14.2 Å². The van der Waals surface area contributed by atoms with Crippen LogP contribution in [0.2, 0.25) is 0 Å². The second kappa shape index (κ2) is 11.6. The molecular formula is C19H35N2O5P. The number of aryl methyl sites for hydroxylation is 2. The van der Waals surface area contributed by atoms with Gasteiger partial charge in [-0.05, 0) is 47.5 Å². The molecule has 27 heavy (non-hydrogen) atoms. The van der Waals surface area contributed by atoms with Crippen LogP contribution in [0.3, 0.4) is 0 Å². The Hall–Kier alpha value is -1.17. The first-order valence-corrected chi connectivity index (χ1v) is 11.6. The third-order valence-corrected chi connectivity index (χ3v) is 6.36. The van der Waals surface area contributed by atoms with Crippen molar-refractivity contribution in [2.75, 3.05) is 6.16 Å². The van der Waals surface area contributed by atoms with E-state index in [2.05, 4.69) is 4.98 Å². The maximum absolute atomic E-state index is 12.7. The summed E-state index contributed by atoms with van der Waals surface area (Å²) in [6.45, 7) is 9.77. The van der Waals surface area contributed by atoms with Crippen molar-refractivity contribution < 1.29 is 13.6 Å². The minimum Gasteiger partial charge on any atom is -0.306 e. The zero-order valence-electron chi connectivity index (χ0n) is 17.3. The second-order valence-corrected chi connectivity index (χ2v) is 9.62. The van der Waals surface area contributed by atoms with Crippen molar-refractivity contribution in [3.8, 4) is 0 Å². The van der Waals surface area contributed by atoms with Gasteiger partial charge in [-0.25, -0.2) is 4.79 Å². The fraction of sp³-hybridized carbons (Fsp3) is 0.789. The molecule has 0 unspecified atom stereocenters. The molecule has 0 saturated heterocycles. The van der Waals surface area contributed by atoms with Gasteiger partial charge in [0.1, 0.15) is 0 Å². The van der Waals surface area contributed by atoms with E-state index in [1.54, 1.807) is 17.7 Å². The molecule has 0 radical (unpaired) electrons. The Morgan fingerprint density at radius 1 is 0.963 bits per heavy atom. The number of aromatic amines is 1. The van der Waals surface area contributed by atoms with Crippen molar-refractivity contribution in [2.24, 2.45) is 0 Å². The molecule has 7 nitrogen and oxygen atoms in total. The zero-order chi connectivity index (χ0) is 20.4. The van der Waals surface area contributed by atoms with Crippen LogP contribution in [0.15, 0.2) is 15.8 Å². The lowest BCUT2D eigenvalue weighted by molar-refractivity contribution is 0.142. The third-order valence-electron chi connectivity index (χ3n) is 4.01.